The molecule has 1 aliphatic heterocycles. The van der Waals surface area contributed by atoms with Gasteiger partial charge in [-0.25, -0.2) is 4.79 Å². The molecular weight excluding hydrogens is 451 g/mol. The minimum Gasteiger partial charge on any atom is -0.494 e. The maximum absolute atomic E-state index is 12.7. The highest BCUT2D eigenvalue weighted by atomic mass is 19.4. The molecule has 1 fully saturated rings. The molecule has 34 heavy (non-hydrogen) atoms. The van der Waals surface area contributed by atoms with Gasteiger partial charge in [0.15, 0.2) is 0 Å². The lowest BCUT2D eigenvalue weighted by atomic mass is 10.1. The van der Waals surface area contributed by atoms with Crippen LogP contribution in [-0.2, 0) is 6.18 Å². The number of carbonyl (C=O) groups excluding carboxylic acids is 1. The monoisotopic (exact) mass is 475 g/mol. The summed E-state index contributed by atoms with van der Waals surface area (Å²) in [6.07, 6.45) is 1.24. The zero-order chi connectivity index (χ0) is 24.1. The van der Waals surface area contributed by atoms with Gasteiger partial charge in [0, 0.05) is 42.8 Å². The van der Waals surface area contributed by atoms with E-state index in [1.54, 1.807) is 41.6 Å². The fraction of sp³-hybridized carbons (Fsp3) is 0.391. The Morgan fingerprint density at radius 2 is 1.82 bits per heavy atom. The van der Waals surface area contributed by atoms with Gasteiger partial charge in [-0.1, -0.05) is 5.16 Å². The number of hydrogen-bond acceptors (Lipinski definition) is 6. The smallest absolute Gasteiger partial charge is 0.471 e. The Kier molecular flexibility index (Phi) is 6.99. The third kappa shape index (κ3) is 5.46. The highest BCUT2D eigenvalue weighted by molar-refractivity contribution is 5.94. The molecular formula is C23H24F3N5O3. The van der Waals surface area contributed by atoms with E-state index >= 15 is 0 Å². The minimum absolute atomic E-state index is 0.0130. The number of ether oxygens (including phenoxy) is 1. The second kappa shape index (κ2) is 10.1. The van der Waals surface area contributed by atoms with Crippen molar-refractivity contribution in [2.45, 2.75) is 38.4 Å². The van der Waals surface area contributed by atoms with Crippen LogP contribution in [0.5, 0.6) is 5.75 Å². The maximum atomic E-state index is 12.7. The largest absolute Gasteiger partial charge is 0.494 e. The summed E-state index contributed by atoms with van der Waals surface area (Å²) in [6.45, 7) is 3.89. The van der Waals surface area contributed by atoms with Crippen molar-refractivity contribution in [2.75, 3.05) is 24.6 Å². The molecule has 180 valence electrons. The number of pyridine rings is 1. The highest BCUT2D eigenvalue weighted by Gasteiger charge is 2.38. The first-order valence-electron chi connectivity index (χ1n) is 11.0. The van der Waals surface area contributed by atoms with E-state index in [-0.39, 0.29) is 17.9 Å². The van der Waals surface area contributed by atoms with E-state index in [1.165, 1.54) is 0 Å². The van der Waals surface area contributed by atoms with Crippen molar-refractivity contribution in [3.8, 4) is 17.1 Å². The molecule has 0 saturated carbocycles. The molecule has 0 aliphatic carbocycles. The summed E-state index contributed by atoms with van der Waals surface area (Å²) in [5, 5.41) is 3.36. The Hall–Kier alpha value is -3.63. The van der Waals surface area contributed by atoms with Gasteiger partial charge in [0.2, 0.25) is 5.82 Å². The quantitative estimate of drug-likeness (QED) is 0.404. The Morgan fingerprint density at radius 3 is 2.50 bits per heavy atom. The number of amides is 2. The third-order valence-corrected chi connectivity index (χ3v) is 5.61. The molecule has 2 aromatic heterocycles. The van der Waals surface area contributed by atoms with Crippen LogP contribution in [0.3, 0.4) is 0 Å². The molecule has 11 heteroatoms. The van der Waals surface area contributed by atoms with Crippen LogP contribution in [0, 0.1) is 0 Å². The van der Waals surface area contributed by atoms with E-state index in [9.17, 15) is 18.0 Å². The molecule has 1 saturated heterocycles. The van der Waals surface area contributed by atoms with Gasteiger partial charge >= 0.3 is 18.1 Å². The maximum Gasteiger partial charge on any atom is 0.471 e. The molecule has 8 nitrogen and oxygen atoms in total. The van der Waals surface area contributed by atoms with Gasteiger partial charge in [-0.15, -0.1) is 0 Å². The lowest BCUT2D eigenvalue weighted by molar-refractivity contribution is -0.159. The summed E-state index contributed by atoms with van der Waals surface area (Å²) in [6, 6.07) is 10.3. The number of hydrogen-bond donors (Lipinski definition) is 0. The number of alkyl halides is 3. The Morgan fingerprint density at radius 1 is 1.09 bits per heavy atom. The molecule has 1 unspecified atom stereocenters. The number of urea groups is 1. The lowest BCUT2D eigenvalue weighted by Gasteiger charge is -2.25. The average Bonchev–Trinajstić information content (AvgIpc) is 3.47. The van der Waals surface area contributed by atoms with Crippen LogP contribution in [-0.4, -0.2) is 51.8 Å². The number of anilines is 1. The fourth-order valence-corrected chi connectivity index (χ4v) is 3.77. The summed E-state index contributed by atoms with van der Waals surface area (Å²) in [4.78, 5) is 23.8. The zero-order valence-electron chi connectivity index (χ0n) is 18.5. The fourth-order valence-electron chi connectivity index (χ4n) is 3.77. The molecule has 1 aromatic carbocycles. The molecule has 0 N–H and O–H groups in total. The summed E-state index contributed by atoms with van der Waals surface area (Å²) < 4.78 is 47.7. The molecule has 2 amide bonds. The van der Waals surface area contributed by atoms with Crippen molar-refractivity contribution in [2.24, 2.45) is 0 Å². The lowest BCUT2D eigenvalue weighted by Crippen LogP contribution is -2.37. The molecule has 1 aliphatic rings. The zero-order valence-corrected chi connectivity index (χ0v) is 18.5. The Balaban J connectivity index is 1.18. The molecule has 1 atom stereocenters. The van der Waals surface area contributed by atoms with Crippen molar-refractivity contribution in [3.05, 3.63) is 54.7 Å². The van der Waals surface area contributed by atoms with E-state index in [2.05, 4.69) is 26.6 Å². The first-order valence-corrected chi connectivity index (χ1v) is 11.0. The summed E-state index contributed by atoms with van der Waals surface area (Å²) in [5.41, 5.74) is 1.26. The van der Waals surface area contributed by atoms with Gasteiger partial charge in [0.1, 0.15) is 5.75 Å². The molecule has 0 spiro atoms. The van der Waals surface area contributed by atoms with Crippen molar-refractivity contribution >= 4 is 11.7 Å². The normalized spacial score (nSPS) is 15.1. The minimum atomic E-state index is -4.67. The van der Waals surface area contributed by atoms with Crippen LogP contribution in [0.25, 0.3) is 11.4 Å². The number of benzene rings is 1. The predicted octanol–water partition coefficient (Wildman–Crippen LogP) is 5.03. The van der Waals surface area contributed by atoms with Gasteiger partial charge in [0.05, 0.1) is 6.61 Å². The highest BCUT2D eigenvalue weighted by Crippen LogP contribution is 2.30. The van der Waals surface area contributed by atoms with E-state index in [0.717, 1.165) is 24.9 Å². The van der Waals surface area contributed by atoms with Crippen molar-refractivity contribution in [3.63, 3.8) is 0 Å². The number of aromatic nitrogens is 3. The molecule has 4 rings (SSSR count). The van der Waals surface area contributed by atoms with Gasteiger partial charge in [0.25, 0.3) is 0 Å². The number of unbranched alkanes of at least 4 members (excludes halogenated alkanes) is 1. The van der Waals surface area contributed by atoms with Crippen LogP contribution in [0.2, 0.25) is 0 Å². The number of nitrogens with zero attached hydrogens (tertiary/aromatic N) is 5. The first kappa shape index (κ1) is 23.5. The van der Waals surface area contributed by atoms with Crippen LogP contribution >= 0.6 is 0 Å². The molecule has 0 radical (unpaired) electrons. The average molecular weight is 475 g/mol. The standard InChI is InChI=1S/C23H24F3N5O3/c1-16(30-13-14-31(22(30)32)18-9-11-27-12-10-18)4-2-3-15-33-19-7-5-17(6-8-19)20-28-21(34-29-20)23(24,25)26/h5-12,16H,2-4,13-15H2,1H3. The topological polar surface area (TPSA) is 84.6 Å². The number of carbonyl (C=O) groups is 1. The van der Waals surface area contributed by atoms with Gasteiger partial charge in [-0.05, 0) is 62.6 Å². The Bertz CT molecular complexity index is 1090. The first-order chi connectivity index (χ1) is 16.3. The van der Waals surface area contributed by atoms with E-state index < -0.39 is 12.1 Å². The third-order valence-electron chi connectivity index (χ3n) is 5.61. The predicted molar refractivity (Wildman–Crippen MR) is 117 cm³/mol. The van der Waals surface area contributed by atoms with E-state index in [4.69, 9.17) is 4.74 Å². The van der Waals surface area contributed by atoms with E-state index in [0.29, 0.717) is 31.0 Å². The van der Waals surface area contributed by atoms with Crippen LogP contribution in [0.4, 0.5) is 23.7 Å². The number of rotatable bonds is 9. The molecule has 3 heterocycles. The molecule has 3 aromatic rings. The van der Waals surface area contributed by atoms with Crippen molar-refractivity contribution in [1.82, 2.24) is 20.0 Å². The molecule has 0 bridgehead atoms. The number of halogens is 3. The van der Waals surface area contributed by atoms with Gasteiger partial charge in [-0.2, -0.15) is 18.2 Å². The van der Waals surface area contributed by atoms with Crippen LogP contribution < -0.4 is 9.64 Å². The van der Waals surface area contributed by atoms with Gasteiger partial charge < -0.3 is 14.2 Å². The van der Waals surface area contributed by atoms with Crippen molar-refractivity contribution in [1.29, 1.82) is 0 Å². The second-order valence-electron chi connectivity index (χ2n) is 7.97. The SMILES string of the molecule is CC(CCCCOc1ccc(-c2noc(C(F)(F)F)n2)cc1)N1CCN(c2ccncc2)C1=O. The van der Waals surface area contributed by atoms with Crippen molar-refractivity contribution < 1.29 is 27.2 Å². The summed E-state index contributed by atoms with van der Waals surface area (Å²) in [7, 11) is 0. The Labute approximate surface area is 194 Å². The van der Waals surface area contributed by atoms with Crippen LogP contribution in [0.1, 0.15) is 32.1 Å². The second-order valence-corrected chi connectivity index (χ2v) is 7.97. The summed E-state index contributed by atoms with van der Waals surface area (Å²) >= 11 is 0. The van der Waals surface area contributed by atoms with Crippen LogP contribution in [0.15, 0.2) is 53.3 Å². The summed E-state index contributed by atoms with van der Waals surface area (Å²) in [5.74, 6) is -0.913. The van der Waals surface area contributed by atoms with E-state index in [1.807, 2.05) is 17.0 Å². The van der Waals surface area contributed by atoms with Gasteiger partial charge in [-0.3, -0.25) is 9.88 Å².